The van der Waals surface area contributed by atoms with Crippen molar-refractivity contribution in [3.05, 3.63) is 35.5 Å². The first-order valence-electron chi connectivity index (χ1n) is 10.2. The molecule has 160 valence electrons. The van der Waals surface area contributed by atoms with Gasteiger partial charge in [0, 0.05) is 32.7 Å². The summed E-state index contributed by atoms with van der Waals surface area (Å²) in [5.74, 6) is 0.948. The largest absolute Gasteiger partial charge is 0.491 e. The van der Waals surface area contributed by atoms with Crippen molar-refractivity contribution in [2.75, 3.05) is 50.8 Å². The fourth-order valence-corrected chi connectivity index (χ4v) is 3.92. The molecule has 1 aliphatic rings. The van der Waals surface area contributed by atoms with Gasteiger partial charge < -0.3 is 19.5 Å². The molecule has 29 heavy (non-hydrogen) atoms. The van der Waals surface area contributed by atoms with Gasteiger partial charge in [-0.2, -0.15) is 0 Å². The van der Waals surface area contributed by atoms with Gasteiger partial charge in [0.05, 0.1) is 23.5 Å². The summed E-state index contributed by atoms with van der Waals surface area (Å²) in [6.45, 7) is 13.7. The molecule has 2 aromatic rings. The lowest BCUT2D eigenvalue weighted by Gasteiger charge is -2.37. The van der Waals surface area contributed by atoms with Crippen LogP contribution in [0, 0.1) is 12.3 Å². The summed E-state index contributed by atoms with van der Waals surface area (Å²) in [6, 6.07) is 8.27. The van der Waals surface area contributed by atoms with Crippen molar-refractivity contribution in [1.29, 1.82) is 0 Å². The van der Waals surface area contributed by atoms with Crippen LogP contribution in [0.15, 0.2) is 29.8 Å². The third-order valence-corrected chi connectivity index (χ3v) is 5.65. The van der Waals surface area contributed by atoms with Gasteiger partial charge in [0.2, 0.25) is 0 Å². The molecule has 0 spiro atoms. The molecule has 1 saturated heterocycles. The number of rotatable bonds is 8. The summed E-state index contributed by atoms with van der Waals surface area (Å²) < 4.78 is 11.8. The van der Waals surface area contributed by atoms with Crippen LogP contribution in [0.4, 0.5) is 5.69 Å². The zero-order valence-electron chi connectivity index (χ0n) is 17.9. The number of anilines is 1. The number of aryl methyl sites for hydroxylation is 1. The number of β-amino-alcohol motifs (C(OH)–C–C–N with tert-alkyl or cyclic N) is 1. The van der Waals surface area contributed by atoms with Gasteiger partial charge in [-0.1, -0.05) is 44.2 Å². The first-order valence-corrected chi connectivity index (χ1v) is 11.1. The summed E-state index contributed by atoms with van der Waals surface area (Å²) >= 11 is 1.47. The predicted octanol–water partition coefficient (Wildman–Crippen LogP) is 3.44. The number of para-hydroxylation sites is 2. The van der Waals surface area contributed by atoms with E-state index in [1.807, 2.05) is 13.0 Å². The highest BCUT2D eigenvalue weighted by Crippen LogP contribution is 2.30. The average Bonchev–Trinajstić information content (AvgIpc) is 3.10. The van der Waals surface area contributed by atoms with Crippen molar-refractivity contribution < 1.29 is 14.6 Å². The van der Waals surface area contributed by atoms with Crippen LogP contribution in [0.2, 0.25) is 0 Å². The zero-order chi connectivity index (χ0) is 20.9. The topological polar surface area (TPSA) is 58.1 Å². The molecule has 2 heterocycles. The average molecular weight is 420 g/mol. The van der Waals surface area contributed by atoms with Crippen LogP contribution in [0.5, 0.6) is 10.8 Å². The van der Waals surface area contributed by atoms with Crippen molar-refractivity contribution in [3.8, 4) is 10.8 Å². The Balaban J connectivity index is 1.47. The first kappa shape index (κ1) is 21.9. The van der Waals surface area contributed by atoms with Crippen LogP contribution in [0.3, 0.4) is 0 Å². The normalized spacial score (nSPS) is 16.7. The number of aliphatic hydroxyl groups is 1. The number of piperazine rings is 1. The Hall–Kier alpha value is -1.83. The van der Waals surface area contributed by atoms with Gasteiger partial charge in [-0.3, -0.25) is 4.90 Å². The summed E-state index contributed by atoms with van der Waals surface area (Å²) in [5.41, 5.74) is 3.92. The lowest BCUT2D eigenvalue weighted by molar-refractivity contribution is 0.0672. The number of aliphatic hydroxyl groups excluding tert-OH is 1. The SMILES string of the molecule is Cc1ncsc1OCC(O)CN1CCN(c2ccccc2OCC(C)(C)C)CC1. The van der Waals surface area contributed by atoms with Crippen LogP contribution >= 0.6 is 11.3 Å². The van der Waals surface area contributed by atoms with E-state index < -0.39 is 6.10 Å². The minimum atomic E-state index is -0.509. The summed E-state index contributed by atoms with van der Waals surface area (Å²) in [4.78, 5) is 8.83. The Morgan fingerprint density at radius 2 is 1.86 bits per heavy atom. The van der Waals surface area contributed by atoms with Gasteiger partial charge in [-0.15, -0.1) is 0 Å². The first-order chi connectivity index (χ1) is 13.8. The van der Waals surface area contributed by atoms with Crippen LogP contribution in [0.1, 0.15) is 26.5 Å². The molecule has 7 heteroatoms. The number of ether oxygens (including phenoxy) is 2. The predicted molar refractivity (Wildman–Crippen MR) is 118 cm³/mol. The van der Waals surface area contributed by atoms with E-state index in [0.717, 1.165) is 48.4 Å². The Morgan fingerprint density at radius 1 is 1.14 bits per heavy atom. The third kappa shape index (κ3) is 6.59. The molecule has 1 aromatic heterocycles. The van der Waals surface area contributed by atoms with Crippen molar-refractivity contribution in [2.45, 2.75) is 33.8 Å². The zero-order valence-corrected chi connectivity index (χ0v) is 18.7. The maximum Gasteiger partial charge on any atom is 0.197 e. The number of hydrogen-bond donors (Lipinski definition) is 1. The highest BCUT2D eigenvalue weighted by molar-refractivity contribution is 7.11. The fraction of sp³-hybridized carbons (Fsp3) is 0.591. The Labute approximate surface area is 178 Å². The highest BCUT2D eigenvalue weighted by atomic mass is 32.1. The summed E-state index contributed by atoms with van der Waals surface area (Å²) in [5, 5.41) is 11.1. The molecule has 0 amide bonds. The van der Waals surface area contributed by atoms with Gasteiger partial charge in [0.1, 0.15) is 18.5 Å². The molecule has 3 rings (SSSR count). The molecule has 1 unspecified atom stereocenters. The molecule has 0 saturated carbocycles. The Morgan fingerprint density at radius 3 is 2.52 bits per heavy atom. The van der Waals surface area contributed by atoms with Gasteiger partial charge in [-0.05, 0) is 24.5 Å². The standard InChI is InChI=1S/C22H33N3O3S/c1-17-21(29-16-23-17)27-14-18(26)13-24-9-11-25(12-10-24)19-7-5-6-8-20(19)28-15-22(2,3)4/h5-8,16,18,26H,9-15H2,1-4H3. The third-order valence-electron chi connectivity index (χ3n) is 4.82. The molecule has 1 aromatic carbocycles. The molecule has 1 atom stereocenters. The molecule has 6 nitrogen and oxygen atoms in total. The quantitative estimate of drug-likeness (QED) is 0.707. The molecule has 1 aliphatic heterocycles. The second-order valence-corrected chi connectivity index (χ2v) is 9.61. The van der Waals surface area contributed by atoms with E-state index in [1.165, 1.54) is 11.3 Å². The monoisotopic (exact) mass is 419 g/mol. The van der Waals surface area contributed by atoms with Crippen molar-refractivity contribution in [1.82, 2.24) is 9.88 Å². The van der Waals surface area contributed by atoms with E-state index >= 15 is 0 Å². The van der Waals surface area contributed by atoms with E-state index in [2.05, 4.69) is 53.8 Å². The van der Waals surface area contributed by atoms with Crippen LogP contribution in [-0.4, -0.2) is 67.0 Å². The number of thiazole rings is 1. The summed E-state index contributed by atoms with van der Waals surface area (Å²) in [7, 11) is 0. The summed E-state index contributed by atoms with van der Waals surface area (Å²) in [6.07, 6.45) is -0.509. The highest BCUT2D eigenvalue weighted by Gasteiger charge is 2.22. The van der Waals surface area contributed by atoms with Gasteiger partial charge >= 0.3 is 0 Å². The Bertz CT molecular complexity index is 767. The molecule has 1 fully saturated rings. The van der Waals surface area contributed by atoms with Gasteiger partial charge in [-0.25, -0.2) is 4.98 Å². The number of nitrogens with zero attached hydrogens (tertiary/aromatic N) is 3. The van der Waals surface area contributed by atoms with E-state index in [-0.39, 0.29) is 5.41 Å². The van der Waals surface area contributed by atoms with E-state index in [9.17, 15) is 5.11 Å². The second-order valence-electron chi connectivity index (χ2n) is 8.79. The minimum Gasteiger partial charge on any atom is -0.491 e. The molecule has 0 aliphatic carbocycles. The maximum absolute atomic E-state index is 10.3. The fourth-order valence-electron chi connectivity index (χ4n) is 3.26. The smallest absolute Gasteiger partial charge is 0.197 e. The maximum atomic E-state index is 10.3. The number of benzene rings is 1. The van der Waals surface area contributed by atoms with Crippen LogP contribution < -0.4 is 14.4 Å². The van der Waals surface area contributed by atoms with Crippen molar-refractivity contribution in [3.63, 3.8) is 0 Å². The molecule has 1 N–H and O–H groups in total. The molecule has 0 radical (unpaired) electrons. The van der Waals surface area contributed by atoms with Crippen LogP contribution in [-0.2, 0) is 0 Å². The van der Waals surface area contributed by atoms with E-state index in [1.54, 1.807) is 5.51 Å². The van der Waals surface area contributed by atoms with Gasteiger partial charge in [0.25, 0.3) is 0 Å². The molecular weight excluding hydrogens is 386 g/mol. The van der Waals surface area contributed by atoms with Gasteiger partial charge in [0.15, 0.2) is 5.06 Å². The van der Waals surface area contributed by atoms with E-state index in [4.69, 9.17) is 9.47 Å². The molecular formula is C22H33N3O3S. The van der Waals surface area contributed by atoms with Crippen molar-refractivity contribution in [2.24, 2.45) is 5.41 Å². The van der Waals surface area contributed by atoms with Crippen molar-refractivity contribution >= 4 is 17.0 Å². The number of aromatic nitrogens is 1. The lowest BCUT2D eigenvalue weighted by atomic mass is 9.99. The number of hydrogen-bond acceptors (Lipinski definition) is 7. The minimum absolute atomic E-state index is 0.127. The second kappa shape index (κ2) is 9.78. The van der Waals surface area contributed by atoms with Crippen LogP contribution in [0.25, 0.3) is 0 Å². The Kier molecular flexibility index (Phi) is 7.38. The van der Waals surface area contributed by atoms with E-state index in [0.29, 0.717) is 19.8 Å². The molecule has 0 bridgehead atoms. The lowest BCUT2D eigenvalue weighted by Crippen LogP contribution is -2.49.